The average Bonchev–Trinajstić information content (AvgIpc) is 2.11. The number of nitrogens with zero attached hydrogens (tertiary/aromatic N) is 2. The maximum absolute atomic E-state index is 11.8. The number of rotatable bonds is 3. The van der Waals surface area contributed by atoms with Crippen LogP contribution in [0.15, 0.2) is 0 Å². The first kappa shape index (κ1) is 11.0. The van der Waals surface area contributed by atoms with Gasteiger partial charge < -0.3 is 4.90 Å². The fourth-order valence-corrected chi connectivity index (χ4v) is 1.63. The van der Waals surface area contributed by atoms with Crippen LogP contribution in [0.5, 0.6) is 0 Å². The van der Waals surface area contributed by atoms with E-state index in [1.165, 1.54) is 4.90 Å². The molecule has 1 rings (SSSR count). The summed E-state index contributed by atoms with van der Waals surface area (Å²) in [5.74, 6) is -0.0336. The Labute approximate surface area is 84.9 Å². The third-order valence-electron chi connectivity index (χ3n) is 2.41. The fourth-order valence-electron chi connectivity index (χ4n) is 1.63. The molecule has 14 heavy (non-hydrogen) atoms. The minimum atomic E-state index is -0.127. The van der Waals surface area contributed by atoms with Crippen LogP contribution in [0, 0.1) is 0 Å². The minimum absolute atomic E-state index is 0.0336. The second-order valence-corrected chi connectivity index (χ2v) is 3.87. The second-order valence-electron chi connectivity index (χ2n) is 3.87. The molecular formula is C10H18N2O2. The van der Waals surface area contributed by atoms with Gasteiger partial charge in [0.2, 0.25) is 5.91 Å². The Morgan fingerprint density at radius 3 is 2.50 bits per heavy atom. The molecule has 1 saturated heterocycles. The third-order valence-corrected chi connectivity index (χ3v) is 2.41. The van der Waals surface area contributed by atoms with Crippen LogP contribution in [-0.4, -0.2) is 40.9 Å². The standard InChI is InChI=1S/C10H18N2O2/c1-4-6-12-9(13)5-7-11(8(2)3)10(12)14/h8H,4-7H2,1-3H3. The summed E-state index contributed by atoms with van der Waals surface area (Å²) in [6, 6.07) is 0.0491. The fraction of sp³-hybridized carbons (Fsp3) is 0.800. The van der Waals surface area contributed by atoms with E-state index < -0.39 is 0 Å². The molecule has 1 heterocycles. The Balaban J connectivity index is 2.72. The molecule has 0 N–H and O–H groups in total. The molecule has 0 aromatic rings. The number of imide groups is 1. The Morgan fingerprint density at radius 2 is 2.00 bits per heavy atom. The highest BCUT2D eigenvalue weighted by molar-refractivity contribution is 5.96. The van der Waals surface area contributed by atoms with E-state index in [-0.39, 0.29) is 18.0 Å². The molecule has 3 amide bonds. The molecule has 0 bridgehead atoms. The van der Waals surface area contributed by atoms with Gasteiger partial charge in [0.15, 0.2) is 0 Å². The van der Waals surface area contributed by atoms with Crippen molar-refractivity contribution in [1.82, 2.24) is 9.80 Å². The van der Waals surface area contributed by atoms with Crippen LogP contribution < -0.4 is 0 Å². The van der Waals surface area contributed by atoms with Crippen molar-refractivity contribution in [1.29, 1.82) is 0 Å². The van der Waals surface area contributed by atoms with Gasteiger partial charge in [-0.2, -0.15) is 0 Å². The van der Waals surface area contributed by atoms with E-state index in [0.29, 0.717) is 19.5 Å². The van der Waals surface area contributed by atoms with Crippen LogP contribution in [-0.2, 0) is 4.79 Å². The zero-order chi connectivity index (χ0) is 10.7. The van der Waals surface area contributed by atoms with Crippen molar-refractivity contribution >= 4 is 11.9 Å². The van der Waals surface area contributed by atoms with Crippen molar-refractivity contribution < 1.29 is 9.59 Å². The molecule has 0 unspecified atom stereocenters. The molecule has 4 heteroatoms. The normalized spacial score (nSPS) is 18.3. The predicted molar refractivity (Wildman–Crippen MR) is 53.9 cm³/mol. The second kappa shape index (κ2) is 4.44. The molecule has 0 atom stereocenters. The van der Waals surface area contributed by atoms with Gasteiger partial charge in [-0.1, -0.05) is 6.92 Å². The van der Waals surface area contributed by atoms with Crippen molar-refractivity contribution in [3.63, 3.8) is 0 Å². The van der Waals surface area contributed by atoms with Gasteiger partial charge in [0.1, 0.15) is 0 Å². The molecule has 4 nitrogen and oxygen atoms in total. The third kappa shape index (κ3) is 2.05. The van der Waals surface area contributed by atoms with Crippen molar-refractivity contribution in [3.8, 4) is 0 Å². The SMILES string of the molecule is CCCN1C(=O)CCN(C(C)C)C1=O. The Kier molecular flexibility index (Phi) is 3.49. The summed E-state index contributed by atoms with van der Waals surface area (Å²) in [7, 11) is 0. The van der Waals surface area contributed by atoms with Crippen LogP contribution in [0.1, 0.15) is 33.6 Å². The first-order valence-electron chi connectivity index (χ1n) is 5.19. The molecule has 0 aromatic heterocycles. The molecule has 0 spiro atoms. The van der Waals surface area contributed by atoms with E-state index in [1.807, 2.05) is 20.8 Å². The van der Waals surface area contributed by atoms with E-state index in [1.54, 1.807) is 4.90 Å². The Morgan fingerprint density at radius 1 is 1.36 bits per heavy atom. The number of hydrogen-bond acceptors (Lipinski definition) is 2. The molecule has 0 saturated carbocycles. The van der Waals surface area contributed by atoms with Crippen LogP contribution in [0.3, 0.4) is 0 Å². The van der Waals surface area contributed by atoms with Gasteiger partial charge in [-0.3, -0.25) is 9.69 Å². The van der Waals surface area contributed by atoms with Crippen molar-refractivity contribution in [2.75, 3.05) is 13.1 Å². The van der Waals surface area contributed by atoms with Crippen molar-refractivity contribution in [2.45, 2.75) is 39.7 Å². The maximum Gasteiger partial charge on any atom is 0.326 e. The van der Waals surface area contributed by atoms with Gasteiger partial charge in [-0.15, -0.1) is 0 Å². The summed E-state index contributed by atoms with van der Waals surface area (Å²) in [5, 5.41) is 0. The lowest BCUT2D eigenvalue weighted by Gasteiger charge is -2.36. The highest BCUT2D eigenvalue weighted by Crippen LogP contribution is 2.13. The van der Waals surface area contributed by atoms with E-state index >= 15 is 0 Å². The number of carbonyl (C=O) groups excluding carboxylic acids is 2. The molecular weight excluding hydrogens is 180 g/mol. The first-order chi connectivity index (χ1) is 6.57. The summed E-state index contributed by atoms with van der Waals surface area (Å²) in [6.45, 7) is 7.01. The first-order valence-corrected chi connectivity index (χ1v) is 5.19. The lowest BCUT2D eigenvalue weighted by molar-refractivity contribution is -0.131. The molecule has 0 aromatic carbocycles. The monoisotopic (exact) mass is 198 g/mol. The summed E-state index contributed by atoms with van der Waals surface area (Å²) >= 11 is 0. The van der Waals surface area contributed by atoms with Crippen LogP contribution in [0.2, 0.25) is 0 Å². The van der Waals surface area contributed by atoms with Gasteiger partial charge in [-0.25, -0.2) is 4.79 Å². The highest BCUT2D eigenvalue weighted by Gasteiger charge is 2.32. The van der Waals surface area contributed by atoms with Crippen LogP contribution in [0.25, 0.3) is 0 Å². The highest BCUT2D eigenvalue weighted by atomic mass is 16.2. The summed E-state index contributed by atoms with van der Waals surface area (Å²) in [4.78, 5) is 26.4. The van der Waals surface area contributed by atoms with Gasteiger partial charge in [0, 0.05) is 25.6 Å². The molecule has 1 aliphatic heterocycles. The zero-order valence-corrected chi connectivity index (χ0v) is 9.12. The summed E-state index contributed by atoms with van der Waals surface area (Å²) < 4.78 is 0. The van der Waals surface area contributed by atoms with Crippen LogP contribution in [0.4, 0.5) is 4.79 Å². The van der Waals surface area contributed by atoms with E-state index in [2.05, 4.69) is 0 Å². The van der Waals surface area contributed by atoms with E-state index in [9.17, 15) is 9.59 Å². The zero-order valence-electron chi connectivity index (χ0n) is 9.12. The quantitative estimate of drug-likeness (QED) is 0.688. The van der Waals surface area contributed by atoms with Gasteiger partial charge >= 0.3 is 6.03 Å². The lowest BCUT2D eigenvalue weighted by Crippen LogP contribution is -2.54. The summed E-state index contributed by atoms with van der Waals surface area (Å²) in [6.07, 6.45) is 1.29. The topological polar surface area (TPSA) is 40.6 Å². The van der Waals surface area contributed by atoms with Gasteiger partial charge in [-0.05, 0) is 20.3 Å². The van der Waals surface area contributed by atoms with Crippen molar-refractivity contribution in [3.05, 3.63) is 0 Å². The smallest absolute Gasteiger partial charge is 0.321 e. The Bertz CT molecular complexity index is 238. The average molecular weight is 198 g/mol. The number of hydrogen-bond donors (Lipinski definition) is 0. The number of carbonyl (C=O) groups is 2. The maximum atomic E-state index is 11.8. The largest absolute Gasteiger partial charge is 0.326 e. The van der Waals surface area contributed by atoms with E-state index in [4.69, 9.17) is 0 Å². The molecule has 0 aliphatic carbocycles. The Hall–Kier alpha value is -1.06. The van der Waals surface area contributed by atoms with Crippen LogP contribution >= 0.6 is 0 Å². The summed E-state index contributed by atoms with van der Waals surface area (Å²) in [5.41, 5.74) is 0. The van der Waals surface area contributed by atoms with Gasteiger partial charge in [0.05, 0.1) is 0 Å². The molecule has 1 aliphatic rings. The lowest BCUT2D eigenvalue weighted by atomic mass is 10.2. The van der Waals surface area contributed by atoms with E-state index in [0.717, 1.165) is 6.42 Å². The molecule has 1 fully saturated rings. The number of urea groups is 1. The minimum Gasteiger partial charge on any atom is -0.321 e. The van der Waals surface area contributed by atoms with Crippen molar-refractivity contribution in [2.24, 2.45) is 0 Å². The van der Waals surface area contributed by atoms with Gasteiger partial charge in [0.25, 0.3) is 0 Å². The molecule has 0 radical (unpaired) electrons. The molecule has 80 valence electrons. The predicted octanol–water partition coefficient (Wildman–Crippen LogP) is 1.46. The number of amides is 3.